The van der Waals surface area contributed by atoms with Gasteiger partial charge in [0.15, 0.2) is 0 Å². The third-order valence-electron chi connectivity index (χ3n) is 7.00. The molecule has 1 atom stereocenters. The van der Waals surface area contributed by atoms with E-state index in [9.17, 15) is 8.42 Å². The molecule has 3 heterocycles. The van der Waals surface area contributed by atoms with Gasteiger partial charge in [0.2, 0.25) is 0 Å². The summed E-state index contributed by atoms with van der Waals surface area (Å²) in [5, 5.41) is 3.31. The van der Waals surface area contributed by atoms with Gasteiger partial charge >= 0.3 is 0 Å². The van der Waals surface area contributed by atoms with Crippen molar-refractivity contribution >= 4 is 40.2 Å². The van der Waals surface area contributed by atoms with Crippen LogP contribution in [0.25, 0.3) is 0 Å². The number of rotatable bonds is 15. The summed E-state index contributed by atoms with van der Waals surface area (Å²) in [6, 6.07) is 9.41. The van der Waals surface area contributed by atoms with E-state index >= 15 is 0 Å². The van der Waals surface area contributed by atoms with Crippen LogP contribution in [0.5, 0.6) is 0 Å². The van der Waals surface area contributed by atoms with E-state index in [1.54, 1.807) is 41.4 Å². The average Bonchev–Trinajstić information content (AvgIpc) is 3.63. The van der Waals surface area contributed by atoms with Gasteiger partial charge in [0, 0.05) is 56.0 Å². The van der Waals surface area contributed by atoms with E-state index in [4.69, 9.17) is 10.5 Å². The summed E-state index contributed by atoms with van der Waals surface area (Å²) in [4.78, 5) is 11.0. The molecule has 2 aromatic heterocycles. The SMILES string of the molecule is CC.CCN1CCC(c2ccccn2)CC1.CCOCCN(C\C=C/C=C(/C=C(C)/C=N\C=C/S)C(C)N)S(=O)(=O)c1cccs1. The first-order chi connectivity index (χ1) is 22.2. The van der Waals surface area contributed by atoms with Crippen molar-refractivity contribution in [3.8, 4) is 0 Å². The number of ether oxygens (including phenoxy) is 1. The average molecular weight is 690 g/mol. The Morgan fingerprint density at radius 2 is 1.98 bits per heavy atom. The van der Waals surface area contributed by atoms with E-state index in [1.165, 1.54) is 53.8 Å². The van der Waals surface area contributed by atoms with Crippen LogP contribution < -0.4 is 5.73 Å². The first kappa shape index (κ1) is 41.6. The van der Waals surface area contributed by atoms with Crippen molar-refractivity contribution < 1.29 is 13.2 Å². The first-order valence-electron chi connectivity index (χ1n) is 16.1. The van der Waals surface area contributed by atoms with Crippen molar-refractivity contribution in [2.45, 2.75) is 70.6 Å². The maximum absolute atomic E-state index is 12.9. The normalized spacial score (nSPS) is 16.1. The number of aliphatic imine (C=N–C) groups is 1. The van der Waals surface area contributed by atoms with Gasteiger partial charge in [-0.2, -0.15) is 4.31 Å². The van der Waals surface area contributed by atoms with Crippen molar-refractivity contribution in [2.75, 3.05) is 45.9 Å². The third kappa shape index (κ3) is 15.9. The number of nitrogens with two attached hydrogens (primary N) is 1. The predicted molar refractivity (Wildman–Crippen MR) is 200 cm³/mol. The van der Waals surface area contributed by atoms with Crippen LogP contribution in [0.15, 0.2) is 98.2 Å². The minimum atomic E-state index is -3.55. The Morgan fingerprint density at radius 1 is 1.24 bits per heavy atom. The van der Waals surface area contributed by atoms with Crippen LogP contribution in [0.3, 0.4) is 0 Å². The van der Waals surface area contributed by atoms with Crippen LogP contribution in [-0.4, -0.2) is 80.8 Å². The molecule has 3 rings (SSSR count). The van der Waals surface area contributed by atoms with E-state index in [0.29, 0.717) is 23.3 Å². The van der Waals surface area contributed by atoms with Crippen LogP contribution >= 0.6 is 24.0 Å². The number of allylic oxidation sites excluding steroid dienone is 3. The molecular formula is C35H55N5O3S3. The molecule has 0 aliphatic carbocycles. The third-order valence-corrected chi connectivity index (χ3v) is 10.4. The minimum absolute atomic E-state index is 0.178. The van der Waals surface area contributed by atoms with Crippen molar-refractivity contribution in [3.63, 3.8) is 0 Å². The summed E-state index contributed by atoms with van der Waals surface area (Å²) in [7, 11) is -3.55. The van der Waals surface area contributed by atoms with Crippen LogP contribution in [-0.2, 0) is 14.8 Å². The van der Waals surface area contributed by atoms with Crippen molar-refractivity contribution in [2.24, 2.45) is 10.7 Å². The molecule has 8 nitrogen and oxygen atoms in total. The zero-order valence-corrected chi connectivity index (χ0v) is 31.0. The molecule has 1 aliphatic heterocycles. The highest BCUT2D eigenvalue weighted by Crippen LogP contribution is 2.26. The van der Waals surface area contributed by atoms with Crippen LogP contribution in [0, 0.1) is 0 Å². The summed E-state index contributed by atoms with van der Waals surface area (Å²) in [6.07, 6.45) is 15.2. The second kappa shape index (κ2) is 24.7. The van der Waals surface area contributed by atoms with E-state index in [0.717, 1.165) is 11.1 Å². The first-order valence-corrected chi connectivity index (χ1v) is 18.9. The number of piperidine rings is 1. The molecule has 0 bridgehead atoms. The Kier molecular flexibility index (Phi) is 22.4. The number of pyridine rings is 1. The van der Waals surface area contributed by atoms with E-state index in [2.05, 4.69) is 46.6 Å². The molecule has 2 aromatic rings. The molecule has 2 N–H and O–H groups in total. The molecule has 1 saturated heterocycles. The van der Waals surface area contributed by atoms with Gasteiger partial charge in [-0.15, -0.1) is 24.0 Å². The van der Waals surface area contributed by atoms with Gasteiger partial charge in [-0.25, -0.2) is 8.42 Å². The van der Waals surface area contributed by atoms with Crippen LogP contribution in [0.4, 0.5) is 0 Å². The van der Waals surface area contributed by atoms with E-state index in [1.807, 2.05) is 65.1 Å². The molecule has 1 aliphatic rings. The lowest BCUT2D eigenvalue weighted by Gasteiger charge is -2.30. The lowest BCUT2D eigenvalue weighted by atomic mass is 9.93. The number of likely N-dealkylation sites (tertiary alicyclic amines) is 1. The van der Waals surface area contributed by atoms with Gasteiger partial charge in [-0.1, -0.05) is 57.2 Å². The van der Waals surface area contributed by atoms with Crippen LogP contribution in [0.1, 0.15) is 66.0 Å². The summed E-state index contributed by atoms with van der Waals surface area (Å²) >= 11 is 5.16. The zero-order chi connectivity index (χ0) is 34.2. The van der Waals surface area contributed by atoms with Gasteiger partial charge < -0.3 is 15.4 Å². The molecular weight excluding hydrogens is 635 g/mol. The molecule has 0 amide bonds. The summed E-state index contributed by atoms with van der Waals surface area (Å²) in [5.74, 6) is 0.694. The molecule has 46 heavy (non-hydrogen) atoms. The number of hydrogen-bond donors (Lipinski definition) is 2. The van der Waals surface area contributed by atoms with E-state index < -0.39 is 10.0 Å². The lowest BCUT2D eigenvalue weighted by molar-refractivity contribution is 0.136. The Bertz CT molecular complexity index is 1310. The van der Waals surface area contributed by atoms with Crippen molar-refractivity contribution in [3.05, 3.63) is 94.7 Å². The highest BCUT2D eigenvalue weighted by atomic mass is 32.2. The van der Waals surface area contributed by atoms with Gasteiger partial charge in [-0.05, 0) is 93.4 Å². The maximum Gasteiger partial charge on any atom is 0.252 e. The molecule has 0 spiro atoms. The largest absolute Gasteiger partial charge is 0.380 e. The fourth-order valence-electron chi connectivity index (χ4n) is 4.51. The molecule has 0 saturated carbocycles. The van der Waals surface area contributed by atoms with Gasteiger partial charge in [0.05, 0.1) is 6.61 Å². The van der Waals surface area contributed by atoms with Gasteiger partial charge in [0.1, 0.15) is 4.21 Å². The number of hydrogen-bond acceptors (Lipinski definition) is 9. The van der Waals surface area contributed by atoms with Crippen LogP contribution in [0.2, 0.25) is 0 Å². The molecule has 11 heteroatoms. The highest BCUT2D eigenvalue weighted by Gasteiger charge is 2.24. The Labute approximate surface area is 288 Å². The molecule has 0 radical (unpaired) electrons. The molecule has 1 fully saturated rings. The number of aromatic nitrogens is 1. The topological polar surface area (TPSA) is 101 Å². The van der Waals surface area contributed by atoms with Gasteiger partial charge in [0.25, 0.3) is 10.0 Å². The van der Waals surface area contributed by atoms with Crippen molar-refractivity contribution in [1.82, 2.24) is 14.2 Å². The monoisotopic (exact) mass is 689 g/mol. The fourth-order valence-corrected chi connectivity index (χ4v) is 7.11. The summed E-state index contributed by atoms with van der Waals surface area (Å²) in [5.41, 5.74) is 9.19. The Hall–Kier alpha value is -2.38. The minimum Gasteiger partial charge on any atom is -0.380 e. The second-order valence-electron chi connectivity index (χ2n) is 10.3. The fraction of sp³-hybridized carbons (Fsp3) is 0.486. The number of thiophene rings is 1. The Balaban J connectivity index is 0.000000544. The maximum atomic E-state index is 12.9. The van der Waals surface area contributed by atoms with Gasteiger partial charge in [-0.3, -0.25) is 9.98 Å². The molecule has 0 aromatic carbocycles. The summed E-state index contributed by atoms with van der Waals surface area (Å²) < 4.78 is 32.8. The number of nitrogens with zero attached hydrogens (tertiary/aromatic N) is 4. The van der Waals surface area contributed by atoms with E-state index in [-0.39, 0.29) is 19.1 Å². The molecule has 256 valence electrons. The lowest BCUT2D eigenvalue weighted by Crippen LogP contribution is -2.33. The zero-order valence-electron chi connectivity index (χ0n) is 28.5. The standard InChI is InChI=1S/C21H31N3O3S3.C12H18N2.C2H6/c1-4-27-13-12-24(30(25,26)21-9-7-15-29-21)11-6-5-8-20(19(3)22)16-18(2)17-23-10-14-28;1-2-14-9-6-11(7-10-14)12-5-3-4-8-13-12;1-2/h5-10,14-17,19,28H,4,11-13,22H2,1-3H3;3-5,8,11H,2,6-7,9-10H2,1H3;1-2H3/b6-5-,14-10-,18-16+,20-8-,23-17-;;. The molecule has 1 unspecified atom stereocenters. The number of sulfonamides is 1. The van der Waals surface area contributed by atoms with Crippen molar-refractivity contribution in [1.29, 1.82) is 0 Å². The summed E-state index contributed by atoms with van der Waals surface area (Å²) in [6.45, 7) is 17.0. The second-order valence-corrected chi connectivity index (χ2v) is 13.7. The predicted octanol–water partition coefficient (Wildman–Crippen LogP) is 7.33. The quantitative estimate of drug-likeness (QED) is 0.0879. The number of thiol groups is 1. The Morgan fingerprint density at radius 3 is 2.54 bits per heavy atom. The highest BCUT2D eigenvalue weighted by molar-refractivity contribution is 7.91. The smallest absolute Gasteiger partial charge is 0.252 e.